The number of ether oxygens (including phenoxy) is 1. The number of para-hydroxylation sites is 1. The molecule has 0 aliphatic rings. The SMILES string of the molecule is Cc1cc(Cl)ccc1OCc1nnc(SCC(=O)Nc2ccccc2Cl)o1. The quantitative estimate of drug-likeness (QED) is 0.539. The Morgan fingerprint density at radius 3 is 2.81 bits per heavy atom. The summed E-state index contributed by atoms with van der Waals surface area (Å²) in [7, 11) is 0. The Bertz CT molecular complexity index is 949. The van der Waals surface area contributed by atoms with Crippen molar-refractivity contribution < 1.29 is 13.9 Å². The molecule has 0 radical (unpaired) electrons. The Kier molecular flexibility index (Phi) is 6.60. The number of nitrogens with one attached hydrogen (secondary N) is 1. The van der Waals surface area contributed by atoms with Gasteiger partial charge in [0.2, 0.25) is 5.91 Å². The van der Waals surface area contributed by atoms with Crippen molar-refractivity contribution >= 4 is 46.6 Å². The van der Waals surface area contributed by atoms with Gasteiger partial charge in [0.15, 0.2) is 6.61 Å². The smallest absolute Gasteiger partial charge is 0.277 e. The lowest BCUT2D eigenvalue weighted by molar-refractivity contribution is -0.113. The lowest BCUT2D eigenvalue weighted by Gasteiger charge is -2.06. The Morgan fingerprint density at radius 2 is 2.04 bits per heavy atom. The number of benzene rings is 2. The monoisotopic (exact) mass is 423 g/mol. The molecular formula is C18H15Cl2N3O3S. The predicted octanol–water partition coefficient (Wildman–Crippen LogP) is 4.99. The van der Waals surface area contributed by atoms with Crippen LogP contribution in [-0.2, 0) is 11.4 Å². The zero-order chi connectivity index (χ0) is 19.2. The third-order valence-electron chi connectivity index (χ3n) is 3.41. The van der Waals surface area contributed by atoms with Crippen molar-refractivity contribution in [2.45, 2.75) is 18.8 Å². The summed E-state index contributed by atoms with van der Waals surface area (Å²) in [4.78, 5) is 12.0. The summed E-state index contributed by atoms with van der Waals surface area (Å²) in [5.74, 6) is 0.898. The third-order valence-corrected chi connectivity index (χ3v) is 4.79. The van der Waals surface area contributed by atoms with E-state index in [1.54, 1.807) is 36.4 Å². The highest BCUT2D eigenvalue weighted by molar-refractivity contribution is 7.99. The molecule has 0 saturated heterocycles. The Morgan fingerprint density at radius 1 is 1.22 bits per heavy atom. The zero-order valence-electron chi connectivity index (χ0n) is 14.2. The van der Waals surface area contributed by atoms with Crippen LogP contribution in [0.15, 0.2) is 52.1 Å². The number of rotatable bonds is 7. The molecule has 0 spiro atoms. The number of nitrogens with zero attached hydrogens (tertiary/aromatic N) is 2. The van der Waals surface area contributed by atoms with Crippen molar-refractivity contribution in [1.82, 2.24) is 10.2 Å². The topological polar surface area (TPSA) is 77.2 Å². The number of aromatic nitrogens is 2. The first-order valence-corrected chi connectivity index (χ1v) is 9.64. The van der Waals surface area contributed by atoms with Crippen molar-refractivity contribution in [1.29, 1.82) is 0 Å². The molecule has 0 fully saturated rings. The molecule has 0 aliphatic heterocycles. The van der Waals surface area contributed by atoms with Crippen molar-refractivity contribution in [2.24, 2.45) is 0 Å². The first-order chi connectivity index (χ1) is 13.0. The maximum atomic E-state index is 12.0. The lowest BCUT2D eigenvalue weighted by atomic mass is 10.2. The molecule has 1 amide bonds. The van der Waals surface area contributed by atoms with Gasteiger partial charge in [-0.1, -0.05) is 47.1 Å². The summed E-state index contributed by atoms with van der Waals surface area (Å²) in [5, 5.41) is 12.0. The van der Waals surface area contributed by atoms with Crippen LogP contribution in [0, 0.1) is 6.92 Å². The minimum absolute atomic E-state index is 0.115. The molecule has 0 aliphatic carbocycles. The second kappa shape index (κ2) is 9.12. The highest BCUT2D eigenvalue weighted by Crippen LogP contribution is 2.24. The number of thioether (sulfide) groups is 1. The largest absolute Gasteiger partial charge is 0.484 e. The van der Waals surface area contributed by atoms with Crippen molar-refractivity contribution in [3.05, 3.63) is 64.0 Å². The van der Waals surface area contributed by atoms with Gasteiger partial charge in [0.1, 0.15) is 5.75 Å². The molecule has 1 N–H and O–H groups in total. The number of aryl methyl sites for hydroxylation is 1. The number of halogens is 2. The van der Waals surface area contributed by atoms with Crippen LogP contribution in [-0.4, -0.2) is 21.9 Å². The van der Waals surface area contributed by atoms with E-state index in [1.807, 2.05) is 13.0 Å². The Balaban J connectivity index is 1.49. The first-order valence-electron chi connectivity index (χ1n) is 7.90. The number of amides is 1. The van der Waals surface area contributed by atoms with Crippen molar-refractivity contribution in [3.63, 3.8) is 0 Å². The Labute approximate surface area is 170 Å². The van der Waals surface area contributed by atoms with E-state index in [0.717, 1.165) is 17.3 Å². The minimum Gasteiger partial charge on any atom is -0.484 e. The van der Waals surface area contributed by atoms with E-state index in [-0.39, 0.29) is 23.5 Å². The normalized spacial score (nSPS) is 10.6. The number of hydrogen-bond acceptors (Lipinski definition) is 6. The number of carbonyl (C=O) groups excluding carboxylic acids is 1. The molecular weight excluding hydrogens is 409 g/mol. The molecule has 1 aromatic heterocycles. The van der Waals surface area contributed by atoms with E-state index < -0.39 is 0 Å². The zero-order valence-corrected chi connectivity index (χ0v) is 16.6. The molecule has 27 heavy (non-hydrogen) atoms. The first kappa shape index (κ1) is 19.5. The molecule has 3 rings (SSSR count). The third kappa shape index (κ3) is 5.63. The second-order valence-electron chi connectivity index (χ2n) is 5.48. The van der Waals surface area contributed by atoms with Gasteiger partial charge in [-0.15, -0.1) is 10.2 Å². The average Bonchev–Trinajstić information content (AvgIpc) is 3.09. The standard InChI is InChI=1S/C18H15Cl2N3O3S/c1-11-8-12(19)6-7-15(11)25-9-17-22-23-18(26-17)27-10-16(24)21-14-5-3-2-4-13(14)20/h2-8H,9-10H2,1H3,(H,21,24). The van der Waals surface area contributed by atoms with Crippen molar-refractivity contribution in [3.8, 4) is 5.75 Å². The average molecular weight is 424 g/mol. The van der Waals surface area contributed by atoms with Gasteiger partial charge in [0.05, 0.1) is 16.5 Å². The number of anilines is 1. The lowest BCUT2D eigenvalue weighted by Crippen LogP contribution is -2.14. The Hall–Kier alpha value is -2.22. The molecule has 0 atom stereocenters. The van der Waals surface area contributed by atoms with Gasteiger partial charge in [-0.25, -0.2) is 0 Å². The van der Waals surface area contributed by atoms with Gasteiger partial charge in [-0.3, -0.25) is 4.79 Å². The predicted molar refractivity (Wildman–Crippen MR) is 106 cm³/mol. The van der Waals surface area contributed by atoms with Crippen LogP contribution in [0.4, 0.5) is 5.69 Å². The fraction of sp³-hybridized carbons (Fsp3) is 0.167. The maximum Gasteiger partial charge on any atom is 0.277 e. The molecule has 0 unspecified atom stereocenters. The highest BCUT2D eigenvalue weighted by atomic mass is 35.5. The summed E-state index contributed by atoms with van der Waals surface area (Å²) in [5.41, 5.74) is 1.47. The fourth-order valence-electron chi connectivity index (χ4n) is 2.15. The van der Waals surface area contributed by atoms with Crippen LogP contribution in [0.5, 0.6) is 5.75 Å². The van der Waals surface area contributed by atoms with Crippen LogP contribution in [0.25, 0.3) is 0 Å². The van der Waals surface area contributed by atoms with Crippen molar-refractivity contribution in [2.75, 3.05) is 11.1 Å². The summed E-state index contributed by atoms with van der Waals surface area (Å²) in [6.45, 7) is 2.02. The minimum atomic E-state index is -0.221. The number of hydrogen-bond donors (Lipinski definition) is 1. The summed E-state index contributed by atoms with van der Waals surface area (Å²) in [6, 6.07) is 12.4. The molecule has 3 aromatic rings. The van der Waals surface area contributed by atoms with Crippen LogP contribution < -0.4 is 10.1 Å². The molecule has 9 heteroatoms. The molecule has 0 bridgehead atoms. The van der Waals surface area contributed by atoms with E-state index in [4.69, 9.17) is 32.4 Å². The van der Waals surface area contributed by atoms with Gasteiger partial charge in [-0.2, -0.15) is 0 Å². The molecule has 1 heterocycles. The van der Waals surface area contributed by atoms with E-state index in [9.17, 15) is 4.79 Å². The summed E-state index contributed by atoms with van der Waals surface area (Å²) in [6.07, 6.45) is 0. The van der Waals surface area contributed by atoms with Gasteiger partial charge < -0.3 is 14.5 Å². The number of carbonyl (C=O) groups is 1. The molecule has 0 saturated carbocycles. The molecule has 140 valence electrons. The van der Waals surface area contributed by atoms with Crippen LogP contribution in [0.1, 0.15) is 11.5 Å². The van der Waals surface area contributed by atoms with Gasteiger partial charge in [0.25, 0.3) is 11.1 Å². The van der Waals surface area contributed by atoms with E-state index in [0.29, 0.717) is 27.4 Å². The van der Waals surface area contributed by atoms with Gasteiger partial charge in [0, 0.05) is 5.02 Å². The molecule has 6 nitrogen and oxygen atoms in total. The van der Waals surface area contributed by atoms with Gasteiger partial charge in [-0.05, 0) is 42.8 Å². The van der Waals surface area contributed by atoms with Crippen LogP contribution in [0.2, 0.25) is 10.0 Å². The van der Waals surface area contributed by atoms with E-state index >= 15 is 0 Å². The molecule has 2 aromatic carbocycles. The fourth-order valence-corrected chi connectivity index (χ4v) is 3.14. The maximum absolute atomic E-state index is 12.0. The van der Waals surface area contributed by atoms with E-state index in [2.05, 4.69) is 15.5 Å². The van der Waals surface area contributed by atoms with Gasteiger partial charge >= 0.3 is 0 Å². The van der Waals surface area contributed by atoms with Crippen LogP contribution >= 0.6 is 35.0 Å². The summed E-state index contributed by atoms with van der Waals surface area (Å²) < 4.78 is 11.1. The van der Waals surface area contributed by atoms with Crippen LogP contribution in [0.3, 0.4) is 0 Å². The van der Waals surface area contributed by atoms with E-state index in [1.165, 1.54) is 0 Å². The highest BCUT2D eigenvalue weighted by Gasteiger charge is 2.12. The second-order valence-corrected chi connectivity index (χ2v) is 7.25. The summed E-state index contributed by atoms with van der Waals surface area (Å²) >= 11 is 13.1.